The van der Waals surface area contributed by atoms with Crippen LogP contribution in [0.25, 0.3) is 0 Å². The minimum Gasteiger partial charge on any atom is -0.543 e. The molecule has 0 heterocycles. The van der Waals surface area contributed by atoms with Gasteiger partial charge in [0.15, 0.2) is 0 Å². The molecule has 184 valence electrons. The molecule has 3 atom stereocenters. The maximum Gasteiger partial charge on any atom is 0.250 e. The summed E-state index contributed by atoms with van der Waals surface area (Å²) in [5.74, 6) is 1.88. The highest BCUT2D eigenvalue weighted by molar-refractivity contribution is 6.74. The smallest absolute Gasteiger partial charge is 0.250 e. The van der Waals surface area contributed by atoms with Gasteiger partial charge in [-0.25, -0.2) is 0 Å². The number of benzene rings is 2. The summed E-state index contributed by atoms with van der Waals surface area (Å²) in [5, 5.41) is 11.4. The van der Waals surface area contributed by atoms with E-state index in [1.165, 1.54) is 44.1 Å². The van der Waals surface area contributed by atoms with Gasteiger partial charge in [0.05, 0.1) is 0 Å². The summed E-state index contributed by atoms with van der Waals surface area (Å²) in [6, 6.07) is 16.7. The van der Waals surface area contributed by atoms with E-state index in [9.17, 15) is 5.11 Å². The molecule has 3 heteroatoms. The fraction of sp³-hybridized carbons (Fsp3) is 0.613. The van der Waals surface area contributed by atoms with Crippen molar-refractivity contribution in [2.75, 3.05) is 0 Å². The van der Waals surface area contributed by atoms with Gasteiger partial charge < -0.3 is 9.53 Å². The van der Waals surface area contributed by atoms with E-state index >= 15 is 0 Å². The Morgan fingerprint density at radius 1 is 0.882 bits per heavy atom. The molecule has 2 aromatic rings. The molecule has 4 aliphatic rings. The molecule has 4 bridgehead atoms. The minimum absolute atomic E-state index is 0.123. The van der Waals surface area contributed by atoms with E-state index in [1.807, 2.05) is 30.3 Å². The van der Waals surface area contributed by atoms with E-state index in [4.69, 9.17) is 4.43 Å². The predicted octanol–water partition coefficient (Wildman–Crippen LogP) is 8.40. The topological polar surface area (TPSA) is 29.5 Å². The van der Waals surface area contributed by atoms with Gasteiger partial charge in [-0.3, -0.25) is 0 Å². The average molecular weight is 477 g/mol. The van der Waals surface area contributed by atoms with Crippen molar-refractivity contribution in [2.45, 2.75) is 103 Å². The van der Waals surface area contributed by atoms with E-state index in [-0.39, 0.29) is 10.5 Å². The van der Waals surface area contributed by atoms with Gasteiger partial charge in [-0.05, 0) is 96.2 Å². The quantitative estimate of drug-likeness (QED) is 0.439. The van der Waals surface area contributed by atoms with Gasteiger partial charge in [-0.2, -0.15) is 0 Å². The molecular formula is C31H44O2Si. The summed E-state index contributed by atoms with van der Waals surface area (Å²) in [7, 11) is -2.05. The van der Waals surface area contributed by atoms with Crippen LogP contribution >= 0.6 is 0 Å². The van der Waals surface area contributed by atoms with Gasteiger partial charge in [0.1, 0.15) is 11.9 Å². The van der Waals surface area contributed by atoms with E-state index < -0.39 is 14.4 Å². The third-order valence-corrected chi connectivity index (χ3v) is 14.1. The summed E-state index contributed by atoms with van der Waals surface area (Å²) in [4.78, 5) is 0. The van der Waals surface area contributed by atoms with Crippen LogP contribution in [0, 0.1) is 16.7 Å². The zero-order valence-electron chi connectivity index (χ0n) is 22.4. The summed E-state index contributed by atoms with van der Waals surface area (Å²) in [6.07, 6.45) is 7.39. The van der Waals surface area contributed by atoms with Gasteiger partial charge in [0, 0.05) is 5.41 Å². The lowest BCUT2D eigenvalue weighted by atomic mass is 9.39. The molecule has 3 unspecified atom stereocenters. The first-order valence-electron chi connectivity index (χ1n) is 13.3. The second-order valence-electron chi connectivity index (χ2n) is 14.3. The molecule has 2 aromatic carbocycles. The van der Waals surface area contributed by atoms with Crippen LogP contribution in [0.3, 0.4) is 0 Å². The van der Waals surface area contributed by atoms with Gasteiger partial charge >= 0.3 is 0 Å². The molecule has 2 nitrogen and oxygen atoms in total. The normalized spacial score (nSPS) is 33.7. The Morgan fingerprint density at radius 2 is 1.50 bits per heavy atom. The van der Waals surface area contributed by atoms with Crippen molar-refractivity contribution >= 4 is 8.32 Å². The zero-order valence-corrected chi connectivity index (χ0v) is 23.4. The van der Waals surface area contributed by atoms with Crippen LogP contribution in [0.4, 0.5) is 0 Å². The van der Waals surface area contributed by atoms with Crippen molar-refractivity contribution in [3.8, 4) is 5.75 Å². The molecule has 0 aliphatic heterocycles. The van der Waals surface area contributed by atoms with Crippen molar-refractivity contribution < 1.29 is 9.53 Å². The van der Waals surface area contributed by atoms with Gasteiger partial charge in [0.25, 0.3) is 0 Å². The summed E-state index contributed by atoms with van der Waals surface area (Å²) >= 11 is 0. The molecule has 6 rings (SSSR count). The highest BCUT2D eigenvalue weighted by Crippen LogP contribution is 2.70. The second kappa shape index (κ2) is 7.71. The first-order valence-corrected chi connectivity index (χ1v) is 16.2. The lowest BCUT2D eigenvalue weighted by molar-refractivity contribution is -0.110. The lowest BCUT2D eigenvalue weighted by Crippen LogP contribution is -2.57. The van der Waals surface area contributed by atoms with Crippen LogP contribution in [0.15, 0.2) is 48.5 Å². The average Bonchev–Trinajstić information content (AvgIpc) is 2.70. The molecule has 4 fully saturated rings. The molecular weight excluding hydrogens is 432 g/mol. The maximum atomic E-state index is 11.2. The molecule has 0 saturated heterocycles. The van der Waals surface area contributed by atoms with Crippen molar-refractivity contribution in [2.24, 2.45) is 16.7 Å². The Morgan fingerprint density at radius 3 is 2.06 bits per heavy atom. The molecule has 0 amide bonds. The number of hydrogen-bond acceptors (Lipinski definition) is 2. The van der Waals surface area contributed by atoms with Gasteiger partial charge in [0.2, 0.25) is 8.32 Å². The molecule has 0 radical (unpaired) electrons. The molecule has 34 heavy (non-hydrogen) atoms. The van der Waals surface area contributed by atoms with Gasteiger partial charge in [-0.15, -0.1) is 0 Å². The van der Waals surface area contributed by atoms with Crippen LogP contribution in [0.2, 0.25) is 18.1 Å². The maximum absolute atomic E-state index is 11.2. The zero-order chi connectivity index (χ0) is 24.6. The van der Waals surface area contributed by atoms with Crippen LogP contribution in [-0.4, -0.2) is 13.4 Å². The first kappa shape index (κ1) is 24.1. The fourth-order valence-corrected chi connectivity index (χ4v) is 9.26. The fourth-order valence-electron chi connectivity index (χ4n) is 8.24. The van der Waals surface area contributed by atoms with Crippen molar-refractivity contribution in [3.05, 3.63) is 65.2 Å². The Balaban J connectivity index is 1.61. The number of aliphatic hydroxyl groups is 1. The SMILES string of the molecule is CC12CC3CC(C)(C1)CC(c1ccc(C(O)c4ccccc4)cc1O[Si](C)(C)C(C)(C)C)(C3)C2. The van der Waals surface area contributed by atoms with E-state index in [1.54, 1.807) is 0 Å². The molecule has 0 spiro atoms. The molecule has 4 aliphatic carbocycles. The Bertz CT molecular complexity index is 1050. The third kappa shape index (κ3) is 4.07. The molecule has 1 N–H and O–H groups in total. The van der Waals surface area contributed by atoms with Crippen molar-refractivity contribution in [1.29, 1.82) is 0 Å². The summed E-state index contributed by atoms with van der Waals surface area (Å²) in [5.41, 5.74) is 4.39. The number of aliphatic hydroxyl groups excluding tert-OH is 1. The summed E-state index contributed by atoms with van der Waals surface area (Å²) in [6.45, 7) is 16.7. The summed E-state index contributed by atoms with van der Waals surface area (Å²) < 4.78 is 7.11. The van der Waals surface area contributed by atoms with Crippen molar-refractivity contribution in [1.82, 2.24) is 0 Å². The predicted molar refractivity (Wildman–Crippen MR) is 144 cm³/mol. The van der Waals surface area contributed by atoms with E-state index in [2.05, 4.69) is 65.9 Å². The Kier molecular flexibility index (Phi) is 5.47. The Labute approximate surface area is 208 Å². The first-order chi connectivity index (χ1) is 15.7. The van der Waals surface area contributed by atoms with Crippen LogP contribution in [0.1, 0.15) is 95.9 Å². The number of rotatable bonds is 5. The molecule has 0 aromatic heterocycles. The highest BCUT2D eigenvalue weighted by atomic mass is 28.4. The standard InChI is InChI=1S/C31H44O2Si/c1-28(2,3)34(6,7)33-26-15-24(27(32)23-11-9-8-10-12-23)13-14-25(26)31-18-22-16-29(4,20-31)19-30(5,17-22)21-31/h8-15,22,27,32H,16-21H2,1-7H3. The highest BCUT2D eigenvalue weighted by Gasteiger charge is 2.61. The second-order valence-corrected chi connectivity index (χ2v) is 19.1. The van der Waals surface area contributed by atoms with Crippen LogP contribution in [-0.2, 0) is 5.41 Å². The minimum atomic E-state index is -2.05. The molecule has 4 saturated carbocycles. The van der Waals surface area contributed by atoms with Gasteiger partial charge in [-0.1, -0.05) is 77.1 Å². The van der Waals surface area contributed by atoms with E-state index in [0.29, 0.717) is 10.8 Å². The lowest BCUT2D eigenvalue weighted by Gasteiger charge is -2.65. The van der Waals surface area contributed by atoms with E-state index in [0.717, 1.165) is 22.8 Å². The Hall–Kier alpha value is -1.58. The van der Waals surface area contributed by atoms with Crippen molar-refractivity contribution in [3.63, 3.8) is 0 Å². The van der Waals surface area contributed by atoms with Crippen LogP contribution in [0.5, 0.6) is 5.75 Å². The monoisotopic (exact) mass is 476 g/mol. The third-order valence-electron chi connectivity index (χ3n) is 9.81. The largest absolute Gasteiger partial charge is 0.543 e. The van der Waals surface area contributed by atoms with Crippen LogP contribution < -0.4 is 4.43 Å². The number of hydrogen-bond donors (Lipinski definition) is 1.